The number of carbonyl (C=O) groups is 1. The Morgan fingerprint density at radius 2 is 2.17 bits per heavy atom. The molecule has 8 nitrogen and oxygen atoms in total. The van der Waals surface area contributed by atoms with Crippen LogP contribution in [0.4, 0.5) is 0 Å². The Labute approximate surface area is 178 Å². The van der Waals surface area contributed by atoms with E-state index >= 15 is 0 Å². The number of ether oxygens (including phenoxy) is 2. The van der Waals surface area contributed by atoms with Crippen LogP contribution in [0.2, 0.25) is 5.02 Å². The van der Waals surface area contributed by atoms with Crippen LogP contribution in [0.5, 0.6) is 11.6 Å². The first-order valence-electron chi connectivity index (χ1n) is 9.77. The van der Waals surface area contributed by atoms with Crippen LogP contribution in [0.15, 0.2) is 34.9 Å². The first-order chi connectivity index (χ1) is 14.4. The van der Waals surface area contributed by atoms with Crippen molar-refractivity contribution >= 4 is 28.6 Å². The monoisotopic (exact) mass is 430 g/mol. The first kappa shape index (κ1) is 20.4. The minimum atomic E-state index is -0.266. The van der Waals surface area contributed by atoms with Gasteiger partial charge < -0.3 is 13.9 Å². The number of halogens is 1. The van der Waals surface area contributed by atoms with E-state index in [0.29, 0.717) is 51.7 Å². The van der Waals surface area contributed by atoms with E-state index in [0.717, 1.165) is 5.01 Å². The van der Waals surface area contributed by atoms with Gasteiger partial charge in [-0.3, -0.25) is 9.80 Å². The number of hydrogen-bond donors (Lipinski definition) is 1. The van der Waals surface area contributed by atoms with Crippen molar-refractivity contribution in [1.82, 2.24) is 15.0 Å². The number of pyridine rings is 1. The van der Waals surface area contributed by atoms with E-state index in [4.69, 9.17) is 31.3 Å². The van der Waals surface area contributed by atoms with E-state index in [9.17, 15) is 4.79 Å². The Hall–Kier alpha value is -2.84. The second kappa shape index (κ2) is 8.49. The topological polar surface area (TPSA) is 104 Å². The van der Waals surface area contributed by atoms with Crippen molar-refractivity contribution in [1.29, 1.82) is 0 Å². The number of oxazole rings is 1. The third kappa shape index (κ3) is 4.66. The fourth-order valence-electron chi connectivity index (χ4n) is 2.86. The highest BCUT2D eigenvalue weighted by atomic mass is 35.5. The summed E-state index contributed by atoms with van der Waals surface area (Å²) < 4.78 is 17.3. The van der Waals surface area contributed by atoms with Gasteiger partial charge in [0, 0.05) is 19.2 Å². The minimum absolute atomic E-state index is 0.224. The Kier molecular flexibility index (Phi) is 5.78. The summed E-state index contributed by atoms with van der Waals surface area (Å²) in [6.07, 6.45) is 4.03. The van der Waals surface area contributed by atoms with Gasteiger partial charge in [0.2, 0.25) is 17.7 Å². The quantitative estimate of drug-likeness (QED) is 0.329. The summed E-state index contributed by atoms with van der Waals surface area (Å²) in [5.41, 5.74) is 1.91. The van der Waals surface area contributed by atoms with Gasteiger partial charge in [-0.1, -0.05) is 11.6 Å². The van der Waals surface area contributed by atoms with Crippen molar-refractivity contribution in [3.8, 4) is 23.1 Å². The molecule has 3 aromatic rings. The maximum absolute atomic E-state index is 11.3. The number of hydrazine groups is 1. The van der Waals surface area contributed by atoms with E-state index < -0.39 is 0 Å². The lowest BCUT2D eigenvalue weighted by Gasteiger charge is -2.22. The molecule has 1 atom stereocenters. The fourth-order valence-corrected chi connectivity index (χ4v) is 3.08. The molecule has 1 saturated carbocycles. The van der Waals surface area contributed by atoms with Crippen LogP contribution in [0.25, 0.3) is 22.6 Å². The number of amides is 1. The normalized spacial score (nSPS) is 14.5. The summed E-state index contributed by atoms with van der Waals surface area (Å²) in [5.74, 6) is 7.51. The molecule has 1 fully saturated rings. The molecule has 0 radical (unpaired) electrons. The zero-order valence-corrected chi connectivity index (χ0v) is 17.6. The Morgan fingerprint density at radius 1 is 1.37 bits per heavy atom. The summed E-state index contributed by atoms with van der Waals surface area (Å²) in [6.45, 7) is 4.11. The molecule has 0 bridgehead atoms. The van der Waals surface area contributed by atoms with E-state index in [2.05, 4.69) is 9.97 Å². The highest BCUT2D eigenvalue weighted by Gasteiger charge is 2.23. The van der Waals surface area contributed by atoms with Crippen molar-refractivity contribution in [3.63, 3.8) is 0 Å². The third-order valence-electron chi connectivity index (χ3n) is 4.90. The molecule has 30 heavy (non-hydrogen) atoms. The van der Waals surface area contributed by atoms with Crippen molar-refractivity contribution in [2.75, 3.05) is 13.2 Å². The molecule has 1 amide bonds. The number of nitrogens with two attached hydrogens (primary N) is 1. The number of nitrogens with zero attached hydrogens (tertiary/aromatic N) is 3. The number of fused-ring (bicyclic) bond motifs is 1. The second-order valence-corrected chi connectivity index (χ2v) is 7.91. The van der Waals surface area contributed by atoms with Gasteiger partial charge in [0.25, 0.3) is 0 Å². The highest BCUT2D eigenvalue weighted by Crippen LogP contribution is 2.33. The first-order valence-corrected chi connectivity index (χ1v) is 10.1. The van der Waals surface area contributed by atoms with Gasteiger partial charge in [-0.05, 0) is 43.9 Å². The molecule has 2 heterocycles. The predicted molar refractivity (Wildman–Crippen MR) is 112 cm³/mol. The molecule has 158 valence electrons. The Morgan fingerprint density at radius 3 is 2.87 bits per heavy atom. The summed E-state index contributed by atoms with van der Waals surface area (Å²) >= 11 is 6.31. The molecule has 9 heteroatoms. The lowest BCUT2D eigenvalue weighted by atomic mass is 10.3. The van der Waals surface area contributed by atoms with Gasteiger partial charge in [-0.2, -0.15) is 0 Å². The van der Waals surface area contributed by atoms with Gasteiger partial charge in [0.05, 0.1) is 18.2 Å². The maximum Gasteiger partial charge on any atom is 0.233 e. The molecule has 2 N–H and O–H groups in total. The number of aromatic nitrogens is 2. The lowest BCUT2D eigenvalue weighted by molar-refractivity contribution is -0.131. The van der Waals surface area contributed by atoms with Crippen LogP contribution < -0.4 is 15.3 Å². The molecule has 0 saturated heterocycles. The molecule has 2 aromatic heterocycles. The van der Waals surface area contributed by atoms with Crippen LogP contribution in [-0.4, -0.2) is 40.1 Å². The standard InChI is InChI=1S/C21H23ClN4O4/c1-12(26(23)13(2)27)10-28-16-5-6-18-19(8-16)30-20(25-18)15-7-17(22)21(24-9-15)29-11-14-3-4-14/h5-9,12,14H,3-4,10-11,23H2,1-2H3/t12-/m0/s1. The molecule has 4 rings (SSSR count). The van der Waals surface area contributed by atoms with Crippen LogP contribution in [0, 0.1) is 5.92 Å². The SMILES string of the molecule is CC(=O)N(N)[C@@H](C)COc1ccc2nc(-c3cnc(OCC4CC4)c(Cl)c3)oc2c1. The number of rotatable bonds is 8. The predicted octanol–water partition coefficient (Wildman–Crippen LogP) is 3.82. The fraction of sp³-hybridized carbons (Fsp3) is 0.381. The van der Waals surface area contributed by atoms with Crippen LogP contribution in [0.3, 0.4) is 0 Å². The van der Waals surface area contributed by atoms with E-state index in [1.54, 1.807) is 37.4 Å². The van der Waals surface area contributed by atoms with Crippen molar-refractivity contribution < 1.29 is 18.7 Å². The Bertz CT molecular complexity index is 1070. The zero-order chi connectivity index (χ0) is 21.3. The molecule has 0 spiro atoms. The largest absolute Gasteiger partial charge is 0.491 e. The molecule has 0 unspecified atom stereocenters. The van der Waals surface area contributed by atoms with Crippen molar-refractivity contribution in [2.24, 2.45) is 11.8 Å². The summed E-state index contributed by atoms with van der Waals surface area (Å²) in [5, 5.41) is 1.56. The van der Waals surface area contributed by atoms with E-state index in [1.807, 2.05) is 0 Å². The summed E-state index contributed by atoms with van der Waals surface area (Å²) in [4.78, 5) is 20.1. The van der Waals surface area contributed by atoms with Crippen molar-refractivity contribution in [2.45, 2.75) is 32.7 Å². The van der Waals surface area contributed by atoms with Gasteiger partial charge >= 0.3 is 0 Å². The number of hydrogen-bond acceptors (Lipinski definition) is 7. The van der Waals surface area contributed by atoms with Crippen LogP contribution >= 0.6 is 11.6 Å². The number of benzene rings is 1. The van der Waals surface area contributed by atoms with Gasteiger partial charge in [0.15, 0.2) is 5.58 Å². The van der Waals surface area contributed by atoms with Gasteiger partial charge in [0.1, 0.15) is 22.9 Å². The third-order valence-corrected chi connectivity index (χ3v) is 5.17. The molecular formula is C21H23ClN4O4. The summed E-state index contributed by atoms with van der Waals surface area (Å²) in [6, 6.07) is 6.80. The average molecular weight is 431 g/mol. The van der Waals surface area contributed by atoms with Crippen LogP contribution in [0.1, 0.15) is 26.7 Å². The Balaban J connectivity index is 1.46. The number of carbonyl (C=O) groups excluding carboxylic acids is 1. The molecule has 1 aliphatic rings. The van der Waals surface area contributed by atoms with E-state index in [1.165, 1.54) is 19.8 Å². The molecule has 0 aliphatic heterocycles. The maximum atomic E-state index is 11.3. The van der Waals surface area contributed by atoms with Crippen LogP contribution in [-0.2, 0) is 4.79 Å². The molecular weight excluding hydrogens is 408 g/mol. The van der Waals surface area contributed by atoms with E-state index in [-0.39, 0.29) is 18.6 Å². The van der Waals surface area contributed by atoms with Gasteiger partial charge in [-0.15, -0.1) is 0 Å². The second-order valence-electron chi connectivity index (χ2n) is 7.50. The summed E-state index contributed by atoms with van der Waals surface area (Å²) in [7, 11) is 0. The lowest BCUT2D eigenvalue weighted by Crippen LogP contribution is -2.45. The smallest absolute Gasteiger partial charge is 0.233 e. The minimum Gasteiger partial charge on any atom is -0.491 e. The molecule has 1 aromatic carbocycles. The average Bonchev–Trinajstić information content (AvgIpc) is 3.46. The zero-order valence-electron chi connectivity index (χ0n) is 16.8. The highest BCUT2D eigenvalue weighted by molar-refractivity contribution is 6.32. The van der Waals surface area contributed by atoms with Gasteiger partial charge in [-0.25, -0.2) is 15.8 Å². The van der Waals surface area contributed by atoms with Crippen molar-refractivity contribution in [3.05, 3.63) is 35.5 Å². The molecule has 1 aliphatic carbocycles.